The maximum Gasteiger partial charge on any atom is 0.165 e. The van der Waals surface area contributed by atoms with Gasteiger partial charge in [0.05, 0.1) is 33.1 Å². The summed E-state index contributed by atoms with van der Waals surface area (Å²) in [6.07, 6.45) is 0. The van der Waals surface area contributed by atoms with E-state index in [1.807, 2.05) is 12.1 Å². The summed E-state index contributed by atoms with van der Waals surface area (Å²) < 4.78 is 4.77. The van der Waals surface area contributed by atoms with Gasteiger partial charge in [-0.1, -0.05) is 158 Å². The fraction of sp³-hybridized carbons (Fsp3) is 0. The molecule has 0 N–H and O–H groups in total. The molecule has 0 saturated carbocycles. The van der Waals surface area contributed by atoms with Gasteiger partial charge in [0.15, 0.2) is 5.82 Å². The van der Waals surface area contributed by atoms with Crippen LogP contribution >= 0.6 is 0 Å². The van der Waals surface area contributed by atoms with Crippen LogP contribution in [0.4, 0.5) is 0 Å². The molecule has 0 amide bonds. The molecule has 66 heavy (non-hydrogen) atoms. The van der Waals surface area contributed by atoms with Gasteiger partial charge in [-0.15, -0.1) is 0 Å². The Labute approximate surface area is 379 Å². The van der Waals surface area contributed by atoms with Crippen molar-refractivity contribution >= 4 is 87.0 Å². The Morgan fingerprint density at radius 2 is 0.788 bits per heavy atom. The van der Waals surface area contributed by atoms with E-state index in [2.05, 4.69) is 228 Å². The zero-order chi connectivity index (χ0) is 43.3. The van der Waals surface area contributed by atoms with Gasteiger partial charge in [0.2, 0.25) is 0 Å². The molecule has 0 saturated heterocycles. The van der Waals surface area contributed by atoms with Gasteiger partial charge in [-0.3, -0.25) is 4.57 Å². The van der Waals surface area contributed by atoms with Crippen molar-refractivity contribution in [3.63, 3.8) is 0 Å². The second-order valence-electron chi connectivity index (χ2n) is 17.4. The highest BCUT2D eigenvalue weighted by atomic mass is 15.1. The number of para-hydroxylation sites is 3. The van der Waals surface area contributed by atoms with Crippen LogP contribution in [0.25, 0.3) is 132 Å². The van der Waals surface area contributed by atoms with Crippen LogP contribution in [0.2, 0.25) is 0 Å². The lowest BCUT2D eigenvalue weighted by Gasteiger charge is -2.15. The predicted molar refractivity (Wildman–Crippen MR) is 277 cm³/mol. The largest absolute Gasteiger partial charge is 0.309 e. The number of hydrogen-bond donors (Lipinski definition) is 0. The Balaban J connectivity index is 0.999. The van der Waals surface area contributed by atoms with Crippen molar-refractivity contribution in [2.45, 2.75) is 0 Å². The Morgan fingerprint density at radius 3 is 1.61 bits per heavy atom. The van der Waals surface area contributed by atoms with E-state index in [1.165, 1.54) is 64.9 Å². The first-order valence-electron chi connectivity index (χ1n) is 22.6. The van der Waals surface area contributed by atoms with Crippen LogP contribution in [0.5, 0.6) is 0 Å². The molecule has 0 atom stereocenters. The van der Waals surface area contributed by atoms with Crippen LogP contribution in [0.1, 0.15) is 0 Å². The second kappa shape index (κ2) is 14.3. The normalized spacial score (nSPS) is 11.9. The van der Waals surface area contributed by atoms with Crippen LogP contribution in [-0.2, 0) is 0 Å². The number of aromatic nitrogens is 4. The number of benzene rings is 11. The lowest BCUT2D eigenvalue weighted by Crippen LogP contribution is -2.04. The summed E-state index contributed by atoms with van der Waals surface area (Å²) >= 11 is 0. The molecule has 14 aromatic rings. The molecule has 14 rings (SSSR count). The minimum atomic E-state index is 0.797. The minimum Gasteiger partial charge on any atom is -0.309 e. The summed E-state index contributed by atoms with van der Waals surface area (Å²) in [5, 5.41) is 12.1. The summed E-state index contributed by atoms with van der Waals surface area (Å²) in [4.78, 5) is 11.0. The zero-order valence-electron chi connectivity index (χ0n) is 35.7. The average Bonchev–Trinajstić information content (AvgIpc) is 3.88. The number of fused-ring (bicyclic) bond motifs is 10. The molecule has 0 aliphatic carbocycles. The lowest BCUT2D eigenvalue weighted by molar-refractivity contribution is 1.08. The summed E-state index contributed by atoms with van der Waals surface area (Å²) in [5.74, 6) is 0.797. The molecule has 0 unspecified atom stereocenters. The Kier molecular flexibility index (Phi) is 7.95. The SMILES string of the molecule is c1cc(-c2ccc3ccccc3c2)cc(-c2nc3ccccc3nc2-n2c3cc(-c4ccc5c(c4)c4ccccc4n5-c4ccc5ccccc5c4)ccc3c3cc4ccccc4cc32)c1. The van der Waals surface area contributed by atoms with Crippen molar-refractivity contribution in [2.75, 3.05) is 0 Å². The van der Waals surface area contributed by atoms with E-state index >= 15 is 0 Å². The van der Waals surface area contributed by atoms with Crippen molar-refractivity contribution in [3.05, 3.63) is 231 Å². The Bertz CT molecular complexity index is 4300. The highest BCUT2D eigenvalue weighted by Crippen LogP contribution is 2.41. The monoisotopic (exact) mass is 838 g/mol. The van der Waals surface area contributed by atoms with Crippen molar-refractivity contribution < 1.29 is 0 Å². The third-order valence-electron chi connectivity index (χ3n) is 13.6. The maximum atomic E-state index is 5.54. The standard InChI is InChI=1S/C62H38N4/c1-3-14-41-32-46(25-24-39(41)12-1)42-18-11-19-49(33-42)61-62(64-56-22-9-8-21-55(56)63-61)66-59-38-48(27-30-52(59)54-35-44-16-5-6-17-45(44)37-60(54)66)47-28-31-58-53(36-47)51-20-7-10-23-57(51)65(58)50-29-26-40-13-2-4-15-43(40)34-50/h1-38H. The molecule has 4 nitrogen and oxygen atoms in total. The Morgan fingerprint density at radius 1 is 0.258 bits per heavy atom. The molecule has 3 heterocycles. The highest BCUT2D eigenvalue weighted by molar-refractivity contribution is 6.15. The van der Waals surface area contributed by atoms with Crippen molar-refractivity contribution in [2.24, 2.45) is 0 Å². The molecule has 11 aromatic carbocycles. The highest BCUT2D eigenvalue weighted by Gasteiger charge is 2.22. The van der Waals surface area contributed by atoms with E-state index in [9.17, 15) is 0 Å². The minimum absolute atomic E-state index is 0.797. The molecular weight excluding hydrogens is 801 g/mol. The smallest absolute Gasteiger partial charge is 0.165 e. The first-order valence-corrected chi connectivity index (χ1v) is 22.6. The van der Waals surface area contributed by atoms with E-state index in [1.54, 1.807) is 0 Å². The molecule has 0 fully saturated rings. The third-order valence-corrected chi connectivity index (χ3v) is 13.6. The fourth-order valence-corrected chi connectivity index (χ4v) is 10.4. The Hall–Kier alpha value is -8.86. The van der Waals surface area contributed by atoms with Crippen molar-refractivity contribution in [1.82, 2.24) is 19.1 Å². The molecule has 0 spiro atoms. The van der Waals surface area contributed by atoms with Crippen LogP contribution in [-0.4, -0.2) is 19.1 Å². The molecule has 0 bridgehead atoms. The van der Waals surface area contributed by atoms with Gasteiger partial charge in [-0.25, -0.2) is 9.97 Å². The molecular formula is C62H38N4. The quantitative estimate of drug-likeness (QED) is 0.173. The lowest BCUT2D eigenvalue weighted by atomic mass is 9.98. The molecule has 0 aliphatic heterocycles. The first-order chi connectivity index (χ1) is 32.7. The van der Waals surface area contributed by atoms with Crippen molar-refractivity contribution in [3.8, 4) is 45.0 Å². The molecule has 306 valence electrons. The number of rotatable bonds is 5. The van der Waals surface area contributed by atoms with Crippen LogP contribution < -0.4 is 0 Å². The fourth-order valence-electron chi connectivity index (χ4n) is 10.4. The van der Waals surface area contributed by atoms with Gasteiger partial charge in [0, 0.05) is 32.8 Å². The predicted octanol–water partition coefficient (Wildman–Crippen LogP) is 16.3. The molecule has 4 heteroatoms. The van der Waals surface area contributed by atoms with Crippen LogP contribution in [0.15, 0.2) is 231 Å². The van der Waals surface area contributed by atoms with Crippen LogP contribution in [0.3, 0.4) is 0 Å². The van der Waals surface area contributed by atoms with Crippen LogP contribution in [0, 0.1) is 0 Å². The summed E-state index contributed by atoms with van der Waals surface area (Å²) in [6.45, 7) is 0. The van der Waals surface area contributed by atoms with Gasteiger partial charge in [0.1, 0.15) is 5.69 Å². The zero-order valence-corrected chi connectivity index (χ0v) is 35.7. The van der Waals surface area contributed by atoms with E-state index in [4.69, 9.17) is 9.97 Å². The van der Waals surface area contributed by atoms with E-state index in [0.717, 1.165) is 67.1 Å². The van der Waals surface area contributed by atoms with Gasteiger partial charge >= 0.3 is 0 Å². The maximum absolute atomic E-state index is 5.54. The van der Waals surface area contributed by atoms with Gasteiger partial charge in [-0.2, -0.15) is 0 Å². The summed E-state index contributed by atoms with van der Waals surface area (Å²) in [5.41, 5.74) is 13.8. The average molecular weight is 839 g/mol. The summed E-state index contributed by atoms with van der Waals surface area (Å²) in [7, 11) is 0. The third kappa shape index (κ3) is 5.72. The van der Waals surface area contributed by atoms with E-state index in [0.29, 0.717) is 0 Å². The first kappa shape index (κ1) is 36.6. The van der Waals surface area contributed by atoms with Gasteiger partial charge < -0.3 is 4.57 Å². The van der Waals surface area contributed by atoms with Gasteiger partial charge in [0.25, 0.3) is 0 Å². The van der Waals surface area contributed by atoms with Gasteiger partial charge in [-0.05, 0) is 127 Å². The topological polar surface area (TPSA) is 35.6 Å². The molecule has 0 aliphatic rings. The number of nitrogens with zero attached hydrogens (tertiary/aromatic N) is 4. The van der Waals surface area contributed by atoms with Crippen molar-refractivity contribution in [1.29, 1.82) is 0 Å². The van der Waals surface area contributed by atoms with E-state index < -0.39 is 0 Å². The molecule has 0 radical (unpaired) electrons. The van der Waals surface area contributed by atoms with E-state index in [-0.39, 0.29) is 0 Å². The summed E-state index contributed by atoms with van der Waals surface area (Å²) in [6, 6.07) is 83.5. The number of hydrogen-bond acceptors (Lipinski definition) is 2. The second-order valence-corrected chi connectivity index (χ2v) is 17.4. The molecule has 3 aromatic heterocycles.